The minimum Gasteiger partial charge on any atom is -0.454 e. The molecule has 0 amide bonds. The van der Waals surface area contributed by atoms with Crippen molar-refractivity contribution in [3.05, 3.63) is 81.0 Å². The van der Waals surface area contributed by atoms with Crippen LogP contribution in [0, 0.1) is 13.8 Å². The Kier molecular flexibility index (Phi) is 6.72. The number of benzene rings is 2. The molecule has 1 atom stereocenters. The molecule has 0 saturated carbocycles. The van der Waals surface area contributed by atoms with E-state index in [0.717, 1.165) is 31.3 Å². The van der Waals surface area contributed by atoms with E-state index in [1.165, 1.54) is 5.56 Å². The fraction of sp³-hybridized carbons (Fsp3) is 0.261. The molecule has 0 bridgehead atoms. The van der Waals surface area contributed by atoms with Crippen LogP contribution >= 0.6 is 39.1 Å². The standard InChI is InChI=1S/C23H25Br2N2OP/c1-16-6-8-21(17(2)14-16)27-29(23(3,4)5,19-10-12-26-13-11-19)28-22-9-7-18(24)15-20(22)25/h6-15H,1-5H3. The first-order valence-electron chi connectivity index (χ1n) is 9.37. The van der Waals surface area contributed by atoms with E-state index in [4.69, 9.17) is 9.27 Å². The third-order valence-electron chi connectivity index (χ3n) is 4.65. The van der Waals surface area contributed by atoms with E-state index in [9.17, 15) is 0 Å². The summed E-state index contributed by atoms with van der Waals surface area (Å²) in [4.78, 5) is 4.22. The van der Waals surface area contributed by atoms with Gasteiger partial charge in [0.15, 0.2) is 7.28 Å². The predicted octanol–water partition coefficient (Wildman–Crippen LogP) is 8.17. The highest BCUT2D eigenvalue weighted by atomic mass is 79.9. The van der Waals surface area contributed by atoms with Gasteiger partial charge in [-0.1, -0.05) is 54.4 Å². The Morgan fingerprint density at radius 2 is 1.62 bits per heavy atom. The second-order valence-electron chi connectivity index (χ2n) is 8.01. The van der Waals surface area contributed by atoms with E-state index < -0.39 is 7.28 Å². The number of halogens is 2. The van der Waals surface area contributed by atoms with Crippen LogP contribution in [-0.2, 0) is 0 Å². The zero-order valence-corrected chi connectivity index (χ0v) is 21.3. The molecule has 0 aliphatic carbocycles. The van der Waals surface area contributed by atoms with Crippen molar-refractivity contribution in [3.8, 4) is 5.75 Å². The molecule has 1 unspecified atom stereocenters. The zero-order valence-electron chi connectivity index (χ0n) is 17.3. The second-order valence-corrected chi connectivity index (χ2v) is 13.2. The average molecular weight is 536 g/mol. The summed E-state index contributed by atoms with van der Waals surface area (Å²) in [5.74, 6) is 0.779. The fourth-order valence-electron chi connectivity index (χ4n) is 3.11. The van der Waals surface area contributed by atoms with Gasteiger partial charge >= 0.3 is 0 Å². The maximum absolute atomic E-state index is 6.88. The summed E-state index contributed by atoms with van der Waals surface area (Å²) in [6, 6.07) is 16.4. The molecule has 0 aliphatic heterocycles. The van der Waals surface area contributed by atoms with Gasteiger partial charge in [-0.15, -0.1) is 0 Å². The minimum absolute atomic E-state index is 0.238. The lowest BCUT2D eigenvalue weighted by Gasteiger charge is -2.37. The largest absolute Gasteiger partial charge is 0.454 e. The van der Waals surface area contributed by atoms with Crippen molar-refractivity contribution < 1.29 is 4.52 Å². The molecule has 0 fully saturated rings. The predicted molar refractivity (Wildman–Crippen MR) is 131 cm³/mol. The van der Waals surface area contributed by atoms with E-state index in [-0.39, 0.29) is 5.16 Å². The van der Waals surface area contributed by atoms with Crippen LogP contribution in [0.3, 0.4) is 0 Å². The molecule has 0 N–H and O–H groups in total. The van der Waals surface area contributed by atoms with Crippen LogP contribution in [0.1, 0.15) is 31.9 Å². The molecule has 6 heteroatoms. The molecule has 152 valence electrons. The normalized spacial score (nSPS) is 13.6. The van der Waals surface area contributed by atoms with Gasteiger partial charge in [-0.2, -0.15) is 0 Å². The Balaban J connectivity index is 2.33. The number of rotatable bonds is 4. The monoisotopic (exact) mass is 534 g/mol. The van der Waals surface area contributed by atoms with E-state index >= 15 is 0 Å². The topological polar surface area (TPSA) is 34.5 Å². The molecule has 2 aromatic carbocycles. The van der Waals surface area contributed by atoms with Crippen LogP contribution < -0.4 is 9.83 Å². The highest BCUT2D eigenvalue weighted by molar-refractivity contribution is 9.11. The summed E-state index contributed by atoms with van der Waals surface area (Å²) in [5, 5.41) is 0.827. The van der Waals surface area contributed by atoms with Crippen molar-refractivity contribution in [2.75, 3.05) is 0 Å². The Morgan fingerprint density at radius 3 is 2.21 bits per heavy atom. The quantitative estimate of drug-likeness (QED) is 0.316. The van der Waals surface area contributed by atoms with Crippen molar-refractivity contribution in [1.82, 2.24) is 4.98 Å². The number of aryl methyl sites for hydroxylation is 2. The molecule has 0 aliphatic rings. The van der Waals surface area contributed by atoms with Crippen LogP contribution in [0.4, 0.5) is 5.69 Å². The Labute approximate surface area is 190 Å². The van der Waals surface area contributed by atoms with Crippen molar-refractivity contribution in [1.29, 1.82) is 0 Å². The molecule has 29 heavy (non-hydrogen) atoms. The average Bonchev–Trinajstić information content (AvgIpc) is 2.65. The first kappa shape index (κ1) is 22.3. The molecule has 1 aromatic heterocycles. The van der Waals surface area contributed by atoms with Gasteiger partial charge in [-0.3, -0.25) is 4.98 Å². The van der Waals surface area contributed by atoms with Gasteiger partial charge < -0.3 is 4.52 Å². The van der Waals surface area contributed by atoms with Gasteiger partial charge in [-0.05, 0) is 71.7 Å². The number of hydrogen-bond donors (Lipinski definition) is 0. The molecular formula is C23H25Br2N2OP. The smallest absolute Gasteiger partial charge is 0.173 e. The van der Waals surface area contributed by atoms with Gasteiger partial charge in [0.1, 0.15) is 5.75 Å². The highest BCUT2D eigenvalue weighted by Crippen LogP contribution is 2.62. The summed E-state index contributed by atoms with van der Waals surface area (Å²) in [6.45, 7) is 10.8. The lowest BCUT2D eigenvalue weighted by molar-refractivity contribution is 0.568. The SMILES string of the molecule is Cc1ccc(N=P(Oc2ccc(Br)cc2Br)(c2ccncc2)C(C)(C)C)c(C)c1. The molecule has 3 rings (SSSR count). The van der Waals surface area contributed by atoms with E-state index in [1.807, 2.05) is 42.7 Å². The van der Waals surface area contributed by atoms with Crippen LogP contribution in [-0.4, -0.2) is 10.1 Å². The number of aromatic nitrogens is 1. The lowest BCUT2D eigenvalue weighted by Crippen LogP contribution is -2.27. The molecule has 1 heterocycles. The molecule has 0 radical (unpaired) electrons. The van der Waals surface area contributed by atoms with Gasteiger partial charge in [0.25, 0.3) is 0 Å². The maximum Gasteiger partial charge on any atom is 0.173 e. The van der Waals surface area contributed by atoms with Crippen molar-refractivity contribution in [2.24, 2.45) is 4.74 Å². The Hall–Kier alpha value is -1.42. The molecular weight excluding hydrogens is 511 g/mol. The Morgan fingerprint density at radius 1 is 0.931 bits per heavy atom. The summed E-state index contributed by atoms with van der Waals surface area (Å²) in [5.41, 5.74) is 3.33. The van der Waals surface area contributed by atoms with E-state index in [0.29, 0.717) is 0 Å². The van der Waals surface area contributed by atoms with Gasteiger partial charge in [0.05, 0.1) is 10.2 Å². The van der Waals surface area contributed by atoms with Gasteiger partial charge in [-0.25, -0.2) is 4.74 Å². The Bertz CT molecular complexity index is 1080. The minimum atomic E-state index is -2.52. The maximum atomic E-state index is 6.88. The van der Waals surface area contributed by atoms with Crippen molar-refractivity contribution in [3.63, 3.8) is 0 Å². The van der Waals surface area contributed by atoms with E-state index in [1.54, 1.807) is 0 Å². The second kappa shape index (κ2) is 8.75. The van der Waals surface area contributed by atoms with Gasteiger partial charge in [0, 0.05) is 27.3 Å². The number of pyridine rings is 1. The summed E-state index contributed by atoms with van der Waals surface area (Å²) >= 11 is 7.18. The number of nitrogens with zero attached hydrogens (tertiary/aromatic N) is 2. The molecule has 3 aromatic rings. The first-order valence-corrected chi connectivity index (χ1v) is 12.6. The molecule has 3 nitrogen and oxygen atoms in total. The van der Waals surface area contributed by atoms with Crippen LogP contribution in [0.25, 0.3) is 0 Å². The van der Waals surface area contributed by atoms with Gasteiger partial charge in [0.2, 0.25) is 0 Å². The van der Waals surface area contributed by atoms with Crippen molar-refractivity contribution >= 4 is 50.1 Å². The lowest BCUT2D eigenvalue weighted by atomic mass is 10.1. The fourth-order valence-corrected chi connectivity index (χ4v) is 7.48. The van der Waals surface area contributed by atoms with Crippen LogP contribution in [0.2, 0.25) is 0 Å². The van der Waals surface area contributed by atoms with Crippen LogP contribution in [0.5, 0.6) is 5.75 Å². The third-order valence-corrected chi connectivity index (χ3v) is 9.53. The summed E-state index contributed by atoms with van der Waals surface area (Å²) < 4.78 is 14.1. The van der Waals surface area contributed by atoms with Crippen LogP contribution in [0.15, 0.2) is 74.6 Å². The summed E-state index contributed by atoms with van der Waals surface area (Å²) in [6.07, 6.45) is 3.63. The molecule has 0 spiro atoms. The van der Waals surface area contributed by atoms with E-state index in [2.05, 4.69) is 89.7 Å². The van der Waals surface area contributed by atoms with Crippen molar-refractivity contribution in [2.45, 2.75) is 39.8 Å². The zero-order chi connectivity index (χ0) is 21.2. The molecule has 0 saturated heterocycles. The number of hydrogen-bond acceptors (Lipinski definition) is 3. The summed E-state index contributed by atoms with van der Waals surface area (Å²) in [7, 11) is -2.52. The third kappa shape index (κ3) is 4.84. The highest BCUT2D eigenvalue weighted by Gasteiger charge is 2.39. The first-order chi connectivity index (χ1) is 13.6.